The first-order valence-corrected chi connectivity index (χ1v) is 6.56. The lowest BCUT2D eigenvalue weighted by molar-refractivity contribution is 0.297. The van der Waals surface area contributed by atoms with Crippen LogP contribution in [0.15, 0.2) is 30.3 Å². The molecular formula is C15H24ClN. The second-order valence-electron chi connectivity index (χ2n) is 5.34. The summed E-state index contributed by atoms with van der Waals surface area (Å²) in [7, 11) is 0. The van der Waals surface area contributed by atoms with E-state index in [4.69, 9.17) is 5.73 Å². The van der Waals surface area contributed by atoms with E-state index in [9.17, 15) is 0 Å². The Labute approximate surface area is 111 Å². The predicted octanol–water partition coefficient (Wildman–Crippen LogP) is 4.12. The molecule has 1 aromatic carbocycles. The Balaban J connectivity index is 0.00000144. The third-order valence-electron chi connectivity index (χ3n) is 3.82. The van der Waals surface area contributed by atoms with Gasteiger partial charge in [0.15, 0.2) is 0 Å². The first kappa shape index (κ1) is 14.5. The molecule has 2 rings (SSSR count). The molecule has 0 bridgehead atoms. The third-order valence-corrected chi connectivity index (χ3v) is 3.82. The Hall–Kier alpha value is -0.530. The Morgan fingerprint density at radius 3 is 2.24 bits per heavy atom. The Morgan fingerprint density at radius 1 is 1.12 bits per heavy atom. The van der Waals surface area contributed by atoms with E-state index < -0.39 is 0 Å². The number of halogens is 1. The molecule has 1 unspecified atom stereocenters. The van der Waals surface area contributed by atoms with Gasteiger partial charge in [-0.25, -0.2) is 0 Å². The van der Waals surface area contributed by atoms with Gasteiger partial charge < -0.3 is 5.73 Å². The molecule has 1 nitrogen and oxygen atoms in total. The van der Waals surface area contributed by atoms with Crippen molar-refractivity contribution in [3.8, 4) is 0 Å². The molecule has 0 radical (unpaired) electrons. The highest BCUT2D eigenvalue weighted by molar-refractivity contribution is 5.85. The molecule has 0 aromatic heterocycles. The largest absolute Gasteiger partial charge is 0.328 e. The molecule has 1 aromatic rings. The van der Waals surface area contributed by atoms with Crippen molar-refractivity contribution in [2.24, 2.45) is 11.7 Å². The van der Waals surface area contributed by atoms with E-state index in [2.05, 4.69) is 37.3 Å². The molecule has 17 heavy (non-hydrogen) atoms. The molecule has 0 heterocycles. The van der Waals surface area contributed by atoms with Gasteiger partial charge in [-0.3, -0.25) is 0 Å². The summed E-state index contributed by atoms with van der Waals surface area (Å²) in [6.45, 7) is 2.13. The van der Waals surface area contributed by atoms with E-state index >= 15 is 0 Å². The van der Waals surface area contributed by atoms with Gasteiger partial charge in [0.1, 0.15) is 0 Å². The molecule has 2 heteroatoms. The van der Waals surface area contributed by atoms with Crippen molar-refractivity contribution in [1.82, 2.24) is 0 Å². The van der Waals surface area contributed by atoms with E-state index in [0.29, 0.717) is 6.04 Å². The number of benzene rings is 1. The fourth-order valence-corrected chi connectivity index (χ4v) is 2.98. The topological polar surface area (TPSA) is 26.0 Å². The molecule has 0 aliphatic heterocycles. The molecule has 1 atom stereocenters. The number of hydrogen-bond acceptors (Lipinski definition) is 1. The summed E-state index contributed by atoms with van der Waals surface area (Å²) in [5.74, 6) is 1.67. The second-order valence-corrected chi connectivity index (χ2v) is 5.34. The van der Waals surface area contributed by atoms with E-state index in [1.165, 1.54) is 37.7 Å². The van der Waals surface area contributed by atoms with Crippen LogP contribution < -0.4 is 5.73 Å². The minimum atomic E-state index is 0. The van der Waals surface area contributed by atoms with Crippen molar-refractivity contribution in [2.45, 2.75) is 51.0 Å². The summed E-state index contributed by atoms with van der Waals surface area (Å²) >= 11 is 0. The van der Waals surface area contributed by atoms with Crippen LogP contribution in [0.1, 0.15) is 50.5 Å². The summed E-state index contributed by atoms with van der Waals surface area (Å²) < 4.78 is 0. The van der Waals surface area contributed by atoms with E-state index in [1.807, 2.05) is 0 Å². The first-order valence-electron chi connectivity index (χ1n) is 6.56. The molecule has 1 saturated carbocycles. The third kappa shape index (κ3) is 4.33. The Morgan fingerprint density at radius 2 is 1.71 bits per heavy atom. The molecule has 1 fully saturated rings. The van der Waals surface area contributed by atoms with E-state index in [1.54, 1.807) is 0 Å². The molecule has 1 aliphatic rings. The van der Waals surface area contributed by atoms with Crippen molar-refractivity contribution in [2.75, 3.05) is 0 Å². The minimum absolute atomic E-state index is 0. The highest BCUT2D eigenvalue weighted by atomic mass is 35.5. The lowest BCUT2D eigenvalue weighted by Crippen LogP contribution is -2.22. The van der Waals surface area contributed by atoms with E-state index in [-0.39, 0.29) is 12.4 Å². The highest BCUT2D eigenvalue weighted by Gasteiger charge is 2.22. The maximum absolute atomic E-state index is 5.87. The number of nitrogens with two attached hydrogens (primary N) is 1. The smallest absolute Gasteiger partial charge is 0.00131 e. The van der Waals surface area contributed by atoms with Crippen molar-refractivity contribution >= 4 is 12.4 Å². The lowest BCUT2D eigenvalue weighted by Gasteiger charge is -2.29. The average molecular weight is 254 g/mol. The van der Waals surface area contributed by atoms with Gasteiger partial charge in [-0.2, -0.15) is 0 Å². The zero-order chi connectivity index (χ0) is 11.4. The summed E-state index contributed by atoms with van der Waals surface area (Å²) in [6, 6.07) is 11.3. The fourth-order valence-electron chi connectivity index (χ4n) is 2.98. The van der Waals surface area contributed by atoms with Gasteiger partial charge in [0.05, 0.1) is 0 Å². The van der Waals surface area contributed by atoms with Crippen molar-refractivity contribution in [1.29, 1.82) is 0 Å². The van der Waals surface area contributed by atoms with Gasteiger partial charge in [-0.1, -0.05) is 30.3 Å². The molecule has 2 N–H and O–H groups in total. The minimum Gasteiger partial charge on any atom is -0.328 e. The standard InChI is InChI=1S/C15H23N.ClH/c1-12(16)11-13-7-9-15(10-8-13)14-5-3-2-4-6-14;/h2-6,12-13,15H,7-11,16H2,1H3;1H. The normalized spacial score (nSPS) is 26.0. The summed E-state index contributed by atoms with van der Waals surface area (Å²) in [4.78, 5) is 0. The summed E-state index contributed by atoms with van der Waals surface area (Å²) in [5.41, 5.74) is 7.40. The lowest BCUT2D eigenvalue weighted by atomic mass is 9.77. The van der Waals surface area contributed by atoms with Gasteiger partial charge >= 0.3 is 0 Å². The second kappa shape index (κ2) is 7.03. The summed E-state index contributed by atoms with van der Waals surface area (Å²) in [6.07, 6.45) is 6.63. The zero-order valence-corrected chi connectivity index (χ0v) is 11.5. The predicted molar refractivity (Wildman–Crippen MR) is 76.7 cm³/mol. The fraction of sp³-hybridized carbons (Fsp3) is 0.600. The van der Waals surface area contributed by atoms with Gasteiger partial charge in [-0.05, 0) is 56.4 Å². The average Bonchev–Trinajstić information content (AvgIpc) is 2.30. The SMILES string of the molecule is CC(N)CC1CCC(c2ccccc2)CC1.Cl. The van der Waals surface area contributed by atoms with Crippen LogP contribution in [0.25, 0.3) is 0 Å². The highest BCUT2D eigenvalue weighted by Crippen LogP contribution is 2.37. The van der Waals surface area contributed by atoms with Crippen LogP contribution in [0, 0.1) is 5.92 Å². The van der Waals surface area contributed by atoms with Crippen molar-refractivity contribution in [3.05, 3.63) is 35.9 Å². The van der Waals surface area contributed by atoms with Crippen LogP contribution in [-0.2, 0) is 0 Å². The van der Waals surface area contributed by atoms with Crippen LogP contribution in [0.5, 0.6) is 0 Å². The molecule has 0 amide bonds. The van der Waals surface area contributed by atoms with Gasteiger partial charge in [0.2, 0.25) is 0 Å². The van der Waals surface area contributed by atoms with Crippen LogP contribution in [-0.4, -0.2) is 6.04 Å². The van der Waals surface area contributed by atoms with Crippen molar-refractivity contribution < 1.29 is 0 Å². The van der Waals surface area contributed by atoms with Crippen LogP contribution in [0.2, 0.25) is 0 Å². The maximum atomic E-state index is 5.87. The Kier molecular flexibility index (Phi) is 6.01. The maximum Gasteiger partial charge on any atom is 0.00131 e. The van der Waals surface area contributed by atoms with E-state index in [0.717, 1.165) is 11.8 Å². The monoisotopic (exact) mass is 253 g/mol. The van der Waals surface area contributed by atoms with Crippen molar-refractivity contribution in [3.63, 3.8) is 0 Å². The summed E-state index contributed by atoms with van der Waals surface area (Å²) in [5, 5.41) is 0. The van der Waals surface area contributed by atoms with Gasteiger partial charge in [0.25, 0.3) is 0 Å². The molecule has 1 aliphatic carbocycles. The van der Waals surface area contributed by atoms with Gasteiger partial charge in [-0.15, -0.1) is 12.4 Å². The zero-order valence-electron chi connectivity index (χ0n) is 10.6. The number of hydrogen-bond donors (Lipinski definition) is 1. The molecule has 96 valence electrons. The van der Waals surface area contributed by atoms with Crippen LogP contribution in [0.3, 0.4) is 0 Å². The van der Waals surface area contributed by atoms with Crippen LogP contribution in [0.4, 0.5) is 0 Å². The van der Waals surface area contributed by atoms with Crippen LogP contribution >= 0.6 is 12.4 Å². The molecule has 0 spiro atoms. The quantitative estimate of drug-likeness (QED) is 0.862. The van der Waals surface area contributed by atoms with Gasteiger partial charge in [0, 0.05) is 6.04 Å². The molecular weight excluding hydrogens is 230 g/mol. The first-order chi connectivity index (χ1) is 7.75. The number of rotatable bonds is 3. The Bertz CT molecular complexity index is 302. The molecule has 0 saturated heterocycles.